The first kappa shape index (κ1) is 13.7. The van der Waals surface area contributed by atoms with Gasteiger partial charge in [-0.25, -0.2) is 0 Å². The van der Waals surface area contributed by atoms with E-state index < -0.39 is 0 Å². The van der Waals surface area contributed by atoms with Gasteiger partial charge >= 0.3 is 0 Å². The number of benzene rings is 1. The summed E-state index contributed by atoms with van der Waals surface area (Å²) in [5.41, 5.74) is 8.05. The lowest BCUT2D eigenvalue weighted by Crippen LogP contribution is -2.21. The molecule has 1 aromatic carbocycles. The minimum Gasteiger partial charge on any atom is -0.496 e. The van der Waals surface area contributed by atoms with Gasteiger partial charge in [-0.05, 0) is 50.6 Å². The SMILES string of the molecule is COc1c(C)cc(Cl)cc1C1CC(CN)CN1C. The molecule has 18 heavy (non-hydrogen) atoms. The number of hydrogen-bond donors (Lipinski definition) is 1. The Bertz CT molecular complexity index is 436. The fraction of sp³-hybridized carbons (Fsp3) is 0.571. The molecule has 0 aliphatic carbocycles. The van der Waals surface area contributed by atoms with Crippen LogP contribution in [0.4, 0.5) is 0 Å². The maximum absolute atomic E-state index is 6.18. The lowest BCUT2D eigenvalue weighted by molar-refractivity contribution is 0.302. The fourth-order valence-corrected chi connectivity index (χ4v) is 3.20. The van der Waals surface area contributed by atoms with Crippen LogP contribution in [0, 0.1) is 12.8 Å². The van der Waals surface area contributed by atoms with Gasteiger partial charge in [0.1, 0.15) is 5.75 Å². The van der Waals surface area contributed by atoms with Crippen molar-refractivity contribution in [3.8, 4) is 5.75 Å². The monoisotopic (exact) mass is 268 g/mol. The number of nitrogens with two attached hydrogens (primary N) is 1. The lowest BCUT2D eigenvalue weighted by Gasteiger charge is -2.23. The van der Waals surface area contributed by atoms with Gasteiger partial charge in [-0.15, -0.1) is 0 Å². The van der Waals surface area contributed by atoms with Gasteiger partial charge in [-0.1, -0.05) is 11.6 Å². The van der Waals surface area contributed by atoms with Crippen molar-refractivity contribution in [3.05, 3.63) is 28.3 Å². The molecular weight excluding hydrogens is 248 g/mol. The maximum atomic E-state index is 6.18. The molecule has 1 aliphatic rings. The first-order valence-electron chi connectivity index (χ1n) is 6.31. The van der Waals surface area contributed by atoms with Crippen LogP contribution in [-0.2, 0) is 0 Å². The van der Waals surface area contributed by atoms with Crippen LogP contribution in [0.5, 0.6) is 5.75 Å². The predicted molar refractivity (Wildman–Crippen MR) is 75.3 cm³/mol. The highest BCUT2D eigenvalue weighted by Crippen LogP contribution is 2.40. The van der Waals surface area contributed by atoms with Gasteiger partial charge < -0.3 is 10.5 Å². The third-order valence-corrected chi connectivity index (χ3v) is 4.02. The highest BCUT2D eigenvalue weighted by Gasteiger charge is 2.32. The fourth-order valence-electron chi connectivity index (χ4n) is 2.92. The third-order valence-electron chi connectivity index (χ3n) is 3.80. The molecule has 1 saturated heterocycles. The number of nitrogens with zero attached hydrogens (tertiary/aromatic N) is 1. The number of methoxy groups -OCH3 is 1. The predicted octanol–water partition coefficient (Wildman–Crippen LogP) is 2.61. The summed E-state index contributed by atoms with van der Waals surface area (Å²) in [6, 6.07) is 4.32. The zero-order valence-corrected chi connectivity index (χ0v) is 12.0. The number of likely N-dealkylation sites (tertiary alicyclic amines) is 1. The van der Waals surface area contributed by atoms with Crippen LogP contribution in [-0.4, -0.2) is 32.1 Å². The van der Waals surface area contributed by atoms with Crippen molar-refractivity contribution in [1.82, 2.24) is 4.90 Å². The van der Waals surface area contributed by atoms with E-state index in [9.17, 15) is 0 Å². The molecule has 2 unspecified atom stereocenters. The van der Waals surface area contributed by atoms with Crippen LogP contribution < -0.4 is 10.5 Å². The molecule has 2 rings (SSSR count). The molecule has 3 nitrogen and oxygen atoms in total. The molecule has 0 amide bonds. The van der Waals surface area contributed by atoms with Gasteiger partial charge in [-0.2, -0.15) is 0 Å². The number of aryl methyl sites for hydroxylation is 1. The first-order valence-corrected chi connectivity index (χ1v) is 6.69. The molecule has 2 atom stereocenters. The first-order chi connectivity index (χ1) is 8.56. The Labute approximate surface area is 114 Å². The maximum Gasteiger partial charge on any atom is 0.126 e. The second-order valence-corrected chi connectivity index (χ2v) is 5.57. The minimum atomic E-state index is 0.353. The number of rotatable bonds is 3. The van der Waals surface area contributed by atoms with Crippen LogP contribution in [0.25, 0.3) is 0 Å². The zero-order chi connectivity index (χ0) is 13.3. The molecule has 1 heterocycles. The summed E-state index contributed by atoms with van der Waals surface area (Å²) >= 11 is 6.18. The van der Waals surface area contributed by atoms with Crippen molar-refractivity contribution in [2.24, 2.45) is 11.7 Å². The molecular formula is C14H21ClN2O. The molecule has 1 fully saturated rings. The Morgan fingerprint density at radius 2 is 2.22 bits per heavy atom. The van der Waals surface area contributed by atoms with Gasteiger partial charge in [0, 0.05) is 23.2 Å². The van der Waals surface area contributed by atoms with Gasteiger partial charge in [0.05, 0.1) is 7.11 Å². The highest BCUT2D eigenvalue weighted by molar-refractivity contribution is 6.30. The molecule has 1 aromatic rings. The third kappa shape index (κ3) is 2.48. The summed E-state index contributed by atoms with van der Waals surface area (Å²) in [5, 5.41) is 0.771. The number of hydrogen-bond acceptors (Lipinski definition) is 3. The van der Waals surface area contributed by atoms with E-state index in [-0.39, 0.29) is 0 Å². The Hall–Kier alpha value is -0.770. The lowest BCUT2D eigenvalue weighted by atomic mass is 9.97. The second-order valence-electron chi connectivity index (χ2n) is 5.14. The van der Waals surface area contributed by atoms with Crippen molar-refractivity contribution in [2.45, 2.75) is 19.4 Å². The molecule has 2 N–H and O–H groups in total. The Balaban J connectivity index is 2.38. The van der Waals surface area contributed by atoms with E-state index in [4.69, 9.17) is 22.1 Å². The van der Waals surface area contributed by atoms with E-state index in [1.807, 2.05) is 19.1 Å². The second kappa shape index (κ2) is 5.47. The molecule has 0 bridgehead atoms. The van der Waals surface area contributed by atoms with E-state index in [1.54, 1.807) is 7.11 Å². The van der Waals surface area contributed by atoms with Crippen LogP contribution >= 0.6 is 11.6 Å². The molecule has 0 spiro atoms. The van der Waals surface area contributed by atoms with E-state index in [2.05, 4.69) is 11.9 Å². The van der Waals surface area contributed by atoms with Crippen LogP contribution in [0.3, 0.4) is 0 Å². The Morgan fingerprint density at radius 3 is 2.78 bits per heavy atom. The molecule has 0 aromatic heterocycles. The zero-order valence-electron chi connectivity index (χ0n) is 11.2. The van der Waals surface area contributed by atoms with Crippen molar-refractivity contribution in [3.63, 3.8) is 0 Å². The van der Waals surface area contributed by atoms with Gasteiger partial charge in [0.25, 0.3) is 0 Å². The molecule has 0 radical (unpaired) electrons. The van der Waals surface area contributed by atoms with Crippen molar-refractivity contribution >= 4 is 11.6 Å². The molecule has 4 heteroatoms. The van der Waals surface area contributed by atoms with E-state index in [0.29, 0.717) is 12.0 Å². The molecule has 100 valence electrons. The van der Waals surface area contributed by atoms with Crippen LogP contribution in [0.2, 0.25) is 5.02 Å². The smallest absolute Gasteiger partial charge is 0.126 e. The average Bonchev–Trinajstić information content (AvgIpc) is 2.69. The van der Waals surface area contributed by atoms with Gasteiger partial charge in [-0.3, -0.25) is 4.90 Å². The van der Waals surface area contributed by atoms with Crippen molar-refractivity contribution < 1.29 is 4.74 Å². The quantitative estimate of drug-likeness (QED) is 0.916. The summed E-state index contributed by atoms with van der Waals surface area (Å²) in [6.07, 6.45) is 1.07. The highest BCUT2D eigenvalue weighted by atomic mass is 35.5. The summed E-state index contributed by atoms with van der Waals surface area (Å²) in [7, 11) is 3.85. The Kier molecular flexibility index (Phi) is 4.15. The number of ether oxygens (including phenoxy) is 1. The van der Waals surface area contributed by atoms with Crippen molar-refractivity contribution in [1.29, 1.82) is 0 Å². The van der Waals surface area contributed by atoms with E-state index in [1.165, 1.54) is 5.56 Å². The van der Waals surface area contributed by atoms with Crippen molar-refractivity contribution in [2.75, 3.05) is 27.2 Å². The standard InChI is InChI=1S/C14H21ClN2O/c1-9-4-11(15)6-12(14(9)18-3)13-5-10(7-16)8-17(13)2/h4,6,10,13H,5,7-8,16H2,1-3H3. The van der Waals surface area contributed by atoms with E-state index >= 15 is 0 Å². The van der Waals surface area contributed by atoms with Gasteiger partial charge in [0.15, 0.2) is 0 Å². The topological polar surface area (TPSA) is 38.5 Å². The summed E-state index contributed by atoms with van der Waals surface area (Å²) in [4.78, 5) is 2.34. The van der Waals surface area contributed by atoms with E-state index in [0.717, 1.165) is 35.8 Å². The minimum absolute atomic E-state index is 0.353. The van der Waals surface area contributed by atoms with Gasteiger partial charge in [0.2, 0.25) is 0 Å². The number of halogens is 1. The molecule has 1 aliphatic heterocycles. The Morgan fingerprint density at radius 1 is 1.50 bits per heavy atom. The normalized spacial score (nSPS) is 24.5. The summed E-state index contributed by atoms with van der Waals surface area (Å²) < 4.78 is 5.54. The molecule has 0 saturated carbocycles. The summed E-state index contributed by atoms with van der Waals surface area (Å²) in [5.74, 6) is 1.51. The summed E-state index contributed by atoms with van der Waals surface area (Å²) in [6.45, 7) is 3.81. The average molecular weight is 269 g/mol. The van der Waals surface area contributed by atoms with Crippen LogP contribution in [0.15, 0.2) is 12.1 Å². The van der Waals surface area contributed by atoms with Crippen LogP contribution in [0.1, 0.15) is 23.6 Å². The largest absolute Gasteiger partial charge is 0.496 e.